The number of nitrogens with one attached hydrogen (secondary N) is 1. The zero-order chi connectivity index (χ0) is 24.7. The van der Waals surface area contributed by atoms with Gasteiger partial charge in [-0.1, -0.05) is 18.2 Å². The molecule has 1 saturated carbocycles. The van der Waals surface area contributed by atoms with E-state index in [0.717, 1.165) is 0 Å². The molecule has 34 heavy (non-hydrogen) atoms. The van der Waals surface area contributed by atoms with Crippen molar-refractivity contribution in [3.05, 3.63) is 84.0 Å². The van der Waals surface area contributed by atoms with Crippen molar-refractivity contribution in [2.45, 2.75) is 26.7 Å². The Balaban J connectivity index is 1.83. The molecule has 2 aromatic rings. The fraction of sp³-hybridized carbons (Fsp3) is 0.346. The fourth-order valence-electron chi connectivity index (χ4n) is 3.84. The molecule has 1 aliphatic rings. The molecule has 1 aliphatic carbocycles. The average molecular weight is 470 g/mol. The number of ether oxygens (including phenoxy) is 2. The van der Waals surface area contributed by atoms with E-state index in [1.54, 1.807) is 27.2 Å². The summed E-state index contributed by atoms with van der Waals surface area (Å²) >= 11 is 0. The number of allylic oxidation sites excluding steroid dienone is 4. The average Bonchev–Trinajstić information content (AvgIpc) is 3.55. The lowest BCUT2D eigenvalue weighted by Gasteiger charge is -2.20. The van der Waals surface area contributed by atoms with E-state index >= 15 is 0 Å². The number of nitrogens with zero attached hydrogens (tertiary/aromatic N) is 2. The molecule has 1 heterocycles. The molecule has 0 saturated heterocycles. The molecule has 1 fully saturated rings. The number of carbonyl (C=O) groups is 1. The molecular formula is C26H29F2N3O3. The van der Waals surface area contributed by atoms with Crippen molar-refractivity contribution in [1.29, 1.82) is 0 Å². The molecule has 1 aromatic carbocycles. The number of hydrogen-bond acceptors (Lipinski definition) is 5. The highest BCUT2D eigenvalue weighted by Crippen LogP contribution is 2.58. The standard InChI is InChI=1S/C26H29F2N3O3/c1-5-6-20(28)13-17(2)26(14-22(26)25(32)31-21-9-7-19(27)8-10-21)16-34-24-15-29-18(3)30-23(24)11-12-33-4/h5-10,13,15,22H,1,11-12,14,16H2,2-4H3,(H,31,32)/b17-13+,20-6+/t22-,26+/m0/s1. The zero-order valence-electron chi connectivity index (χ0n) is 19.6. The van der Waals surface area contributed by atoms with Crippen LogP contribution in [0.15, 0.2) is 66.7 Å². The number of anilines is 1. The van der Waals surface area contributed by atoms with Gasteiger partial charge in [0, 0.05) is 24.6 Å². The molecule has 0 unspecified atom stereocenters. The van der Waals surface area contributed by atoms with Crippen LogP contribution in [0.4, 0.5) is 14.5 Å². The van der Waals surface area contributed by atoms with E-state index in [4.69, 9.17) is 9.47 Å². The molecule has 1 amide bonds. The Kier molecular flexibility index (Phi) is 8.28. The van der Waals surface area contributed by atoms with Gasteiger partial charge in [0.1, 0.15) is 17.5 Å². The Labute approximate surface area is 198 Å². The van der Waals surface area contributed by atoms with E-state index in [-0.39, 0.29) is 18.3 Å². The molecule has 2 atom stereocenters. The van der Waals surface area contributed by atoms with Crippen LogP contribution in [0.25, 0.3) is 0 Å². The van der Waals surface area contributed by atoms with Crippen LogP contribution in [0.5, 0.6) is 5.75 Å². The van der Waals surface area contributed by atoms with Gasteiger partial charge < -0.3 is 14.8 Å². The highest BCUT2D eigenvalue weighted by Gasteiger charge is 2.60. The summed E-state index contributed by atoms with van der Waals surface area (Å²) < 4.78 is 38.7. The molecular weight excluding hydrogens is 440 g/mol. The van der Waals surface area contributed by atoms with Crippen molar-refractivity contribution in [2.75, 3.05) is 25.6 Å². The largest absolute Gasteiger partial charge is 0.489 e. The molecule has 0 radical (unpaired) electrons. The SMILES string of the molecule is C=C/C=C(F)\C=C(/C)[C@]1(COc2cnc(C)nc2CCOC)C[C@H]1C(=O)Nc1ccc(F)cc1. The molecule has 6 nitrogen and oxygen atoms in total. The van der Waals surface area contributed by atoms with Gasteiger partial charge in [-0.2, -0.15) is 0 Å². The van der Waals surface area contributed by atoms with Crippen LogP contribution in [0.3, 0.4) is 0 Å². The summed E-state index contributed by atoms with van der Waals surface area (Å²) in [4.78, 5) is 21.7. The van der Waals surface area contributed by atoms with E-state index in [1.807, 2.05) is 0 Å². The lowest BCUT2D eigenvalue weighted by atomic mass is 9.94. The first-order chi connectivity index (χ1) is 16.3. The van der Waals surface area contributed by atoms with Gasteiger partial charge in [-0.25, -0.2) is 18.7 Å². The maximum atomic E-state index is 14.2. The molecule has 3 rings (SSSR count). The van der Waals surface area contributed by atoms with Gasteiger partial charge in [-0.05, 0) is 56.7 Å². The topological polar surface area (TPSA) is 73.3 Å². The van der Waals surface area contributed by atoms with Gasteiger partial charge >= 0.3 is 0 Å². The van der Waals surface area contributed by atoms with Gasteiger partial charge in [0.2, 0.25) is 5.91 Å². The minimum atomic E-state index is -0.708. The highest BCUT2D eigenvalue weighted by atomic mass is 19.1. The van der Waals surface area contributed by atoms with Crippen LogP contribution in [0, 0.1) is 24.1 Å². The smallest absolute Gasteiger partial charge is 0.228 e. The molecule has 0 spiro atoms. The fourth-order valence-corrected chi connectivity index (χ4v) is 3.84. The van der Waals surface area contributed by atoms with Crippen molar-refractivity contribution in [1.82, 2.24) is 9.97 Å². The minimum absolute atomic E-state index is 0.143. The summed E-state index contributed by atoms with van der Waals surface area (Å²) in [6, 6.07) is 5.54. The Bertz CT molecular complexity index is 1100. The number of aryl methyl sites for hydroxylation is 1. The van der Waals surface area contributed by atoms with E-state index in [1.165, 1.54) is 42.5 Å². The number of benzene rings is 1. The van der Waals surface area contributed by atoms with Gasteiger partial charge in [-0.15, -0.1) is 0 Å². The van der Waals surface area contributed by atoms with Crippen LogP contribution in [-0.4, -0.2) is 36.2 Å². The van der Waals surface area contributed by atoms with Gasteiger partial charge in [0.05, 0.1) is 31.0 Å². The predicted octanol–water partition coefficient (Wildman–Crippen LogP) is 5.12. The Morgan fingerprint density at radius 3 is 2.76 bits per heavy atom. The Hall–Kier alpha value is -3.39. The first kappa shape index (κ1) is 25.2. The lowest BCUT2D eigenvalue weighted by Crippen LogP contribution is -2.24. The minimum Gasteiger partial charge on any atom is -0.489 e. The molecule has 1 aromatic heterocycles. The predicted molar refractivity (Wildman–Crippen MR) is 127 cm³/mol. The van der Waals surface area contributed by atoms with Crippen molar-refractivity contribution >= 4 is 11.6 Å². The summed E-state index contributed by atoms with van der Waals surface area (Å²) in [5.41, 5.74) is 1.16. The Morgan fingerprint density at radius 2 is 2.09 bits per heavy atom. The maximum Gasteiger partial charge on any atom is 0.228 e. The summed E-state index contributed by atoms with van der Waals surface area (Å²) in [7, 11) is 1.61. The number of carbonyl (C=O) groups excluding carboxylic acids is 1. The highest BCUT2D eigenvalue weighted by molar-refractivity contribution is 5.95. The van der Waals surface area contributed by atoms with Crippen LogP contribution in [-0.2, 0) is 16.0 Å². The second kappa shape index (κ2) is 11.2. The Morgan fingerprint density at radius 1 is 1.35 bits per heavy atom. The monoisotopic (exact) mass is 469 g/mol. The quantitative estimate of drug-likeness (QED) is 0.463. The third kappa shape index (κ3) is 6.14. The number of amides is 1. The van der Waals surface area contributed by atoms with Gasteiger partial charge in [0.25, 0.3) is 0 Å². The van der Waals surface area contributed by atoms with Crippen LogP contribution >= 0.6 is 0 Å². The summed E-state index contributed by atoms with van der Waals surface area (Å²) in [6.07, 6.45) is 6.64. The summed E-state index contributed by atoms with van der Waals surface area (Å²) in [5.74, 6) is -0.420. The number of aromatic nitrogens is 2. The molecule has 8 heteroatoms. The summed E-state index contributed by atoms with van der Waals surface area (Å²) in [6.45, 7) is 7.70. The van der Waals surface area contributed by atoms with Crippen LogP contribution < -0.4 is 10.1 Å². The van der Waals surface area contributed by atoms with Crippen molar-refractivity contribution in [3.63, 3.8) is 0 Å². The first-order valence-corrected chi connectivity index (χ1v) is 11.0. The van der Waals surface area contributed by atoms with Crippen molar-refractivity contribution < 1.29 is 23.0 Å². The van der Waals surface area contributed by atoms with Gasteiger partial charge in [0.15, 0.2) is 5.75 Å². The summed E-state index contributed by atoms with van der Waals surface area (Å²) in [5, 5.41) is 2.81. The number of rotatable bonds is 11. The third-order valence-electron chi connectivity index (χ3n) is 5.90. The van der Waals surface area contributed by atoms with E-state index in [2.05, 4.69) is 21.9 Å². The molecule has 1 N–H and O–H groups in total. The van der Waals surface area contributed by atoms with Crippen molar-refractivity contribution in [3.8, 4) is 5.75 Å². The second-order valence-corrected chi connectivity index (χ2v) is 8.28. The first-order valence-electron chi connectivity index (χ1n) is 11.0. The zero-order valence-corrected chi connectivity index (χ0v) is 19.6. The number of hydrogen-bond donors (Lipinski definition) is 1. The number of methoxy groups -OCH3 is 1. The van der Waals surface area contributed by atoms with E-state index in [0.29, 0.717) is 48.0 Å². The van der Waals surface area contributed by atoms with Crippen molar-refractivity contribution in [2.24, 2.45) is 11.3 Å². The molecule has 180 valence electrons. The maximum absolute atomic E-state index is 14.2. The lowest BCUT2D eigenvalue weighted by molar-refractivity contribution is -0.118. The van der Waals surface area contributed by atoms with Crippen LogP contribution in [0.1, 0.15) is 24.9 Å². The molecule has 0 bridgehead atoms. The molecule has 0 aliphatic heterocycles. The number of halogens is 2. The normalized spacial score (nSPS) is 20.1. The third-order valence-corrected chi connectivity index (χ3v) is 5.90. The van der Waals surface area contributed by atoms with Crippen LogP contribution in [0.2, 0.25) is 0 Å². The second-order valence-electron chi connectivity index (χ2n) is 8.28. The van der Waals surface area contributed by atoms with E-state index < -0.39 is 17.2 Å². The van der Waals surface area contributed by atoms with E-state index in [9.17, 15) is 13.6 Å². The van der Waals surface area contributed by atoms with Gasteiger partial charge in [-0.3, -0.25) is 4.79 Å².